The van der Waals surface area contributed by atoms with Crippen molar-refractivity contribution < 1.29 is 9.66 Å². The second kappa shape index (κ2) is 5.82. The molecular formula is C14H18N4O3. The normalized spacial score (nSPS) is 10.5. The Kier molecular flexibility index (Phi) is 4.11. The van der Waals surface area contributed by atoms with Gasteiger partial charge in [-0.05, 0) is 25.5 Å². The number of aryl methyl sites for hydroxylation is 3. The Morgan fingerprint density at radius 1 is 1.43 bits per heavy atom. The van der Waals surface area contributed by atoms with Gasteiger partial charge in [-0.2, -0.15) is 5.10 Å². The number of methoxy groups -OCH3 is 1. The van der Waals surface area contributed by atoms with Gasteiger partial charge in [0.2, 0.25) is 5.88 Å². The Balaban J connectivity index is 2.19. The Morgan fingerprint density at radius 3 is 2.71 bits per heavy atom. The number of nitro groups is 1. The molecule has 0 unspecified atom stereocenters. The van der Waals surface area contributed by atoms with Crippen LogP contribution in [0.1, 0.15) is 16.8 Å². The van der Waals surface area contributed by atoms with Crippen LogP contribution in [0.3, 0.4) is 0 Å². The van der Waals surface area contributed by atoms with Gasteiger partial charge in [0.1, 0.15) is 0 Å². The highest BCUT2D eigenvalue weighted by Crippen LogP contribution is 2.25. The molecule has 0 amide bonds. The fraction of sp³-hybridized carbons (Fsp3) is 0.357. The molecule has 0 aliphatic heterocycles. The summed E-state index contributed by atoms with van der Waals surface area (Å²) >= 11 is 0. The SMILES string of the molecule is COc1c(CNc2ccc([N+](=O)[O-])cc2C)c(C)nn1C. The molecule has 1 heterocycles. The molecule has 21 heavy (non-hydrogen) atoms. The fourth-order valence-electron chi connectivity index (χ4n) is 2.28. The maximum absolute atomic E-state index is 10.7. The van der Waals surface area contributed by atoms with Crippen LogP contribution in [0, 0.1) is 24.0 Å². The van der Waals surface area contributed by atoms with E-state index in [-0.39, 0.29) is 5.69 Å². The summed E-state index contributed by atoms with van der Waals surface area (Å²) in [5, 5.41) is 18.3. The lowest BCUT2D eigenvalue weighted by Crippen LogP contribution is -2.04. The molecule has 0 saturated carbocycles. The van der Waals surface area contributed by atoms with E-state index in [4.69, 9.17) is 4.74 Å². The highest BCUT2D eigenvalue weighted by molar-refractivity contribution is 5.56. The van der Waals surface area contributed by atoms with Crippen molar-refractivity contribution in [3.8, 4) is 5.88 Å². The van der Waals surface area contributed by atoms with Crippen molar-refractivity contribution in [2.45, 2.75) is 20.4 Å². The molecular weight excluding hydrogens is 272 g/mol. The van der Waals surface area contributed by atoms with Gasteiger partial charge in [-0.15, -0.1) is 0 Å². The lowest BCUT2D eigenvalue weighted by molar-refractivity contribution is -0.384. The first kappa shape index (κ1) is 14.8. The van der Waals surface area contributed by atoms with E-state index in [1.165, 1.54) is 6.07 Å². The third-order valence-corrected chi connectivity index (χ3v) is 3.36. The molecule has 0 saturated heterocycles. The smallest absolute Gasteiger partial charge is 0.269 e. The molecule has 1 N–H and O–H groups in total. The molecule has 0 radical (unpaired) electrons. The fourth-order valence-corrected chi connectivity index (χ4v) is 2.28. The largest absolute Gasteiger partial charge is 0.481 e. The van der Waals surface area contributed by atoms with Gasteiger partial charge in [-0.3, -0.25) is 10.1 Å². The zero-order valence-electron chi connectivity index (χ0n) is 12.5. The summed E-state index contributed by atoms with van der Waals surface area (Å²) in [5.74, 6) is 0.708. The molecule has 0 bridgehead atoms. The predicted octanol–water partition coefficient (Wildman–Crippen LogP) is 2.57. The number of non-ortho nitro benzene ring substituents is 1. The summed E-state index contributed by atoms with van der Waals surface area (Å²) in [4.78, 5) is 10.3. The molecule has 2 aromatic rings. The first-order valence-corrected chi connectivity index (χ1v) is 6.49. The predicted molar refractivity (Wildman–Crippen MR) is 79.7 cm³/mol. The second-order valence-electron chi connectivity index (χ2n) is 4.81. The van der Waals surface area contributed by atoms with Crippen molar-refractivity contribution >= 4 is 11.4 Å². The summed E-state index contributed by atoms with van der Waals surface area (Å²) in [7, 11) is 3.43. The molecule has 0 atom stereocenters. The Hall–Kier alpha value is -2.57. The van der Waals surface area contributed by atoms with Crippen LogP contribution in [0.25, 0.3) is 0 Å². The van der Waals surface area contributed by atoms with Gasteiger partial charge in [0, 0.05) is 31.4 Å². The number of nitro benzene ring substituents is 1. The monoisotopic (exact) mass is 290 g/mol. The van der Waals surface area contributed by atoms with Crippen molar-refractivity contribution in [1.29, 1.82) is 0 Å². The Bertz CT molecular complexity index is 679. The number of benzene rings is 1. The van der Waals surface area contributed by atoms with E-state index >= 15 is 0 Å². The van der Waals surface area contributed by atoms with Crippen molar-refractivity contribution in [1.82, 2.24) is 9.78 Å². The third kappa shape index (κ3) is 2.96. The molecule has 7 nitrogen and oxygen atoms in total. The summed E-state index contributed by atoms with van der Waals surface area (Å²) in [6.45, 7) is 4.30. The maximum Gasteiger partial charge on any atom is 0.269 e. The molecule has 1 aromatic carbocycles. The molecule has 0 fully saturated rings. The minimum atomic E-state index is -0.398. The minimum absolute atomic E-state index is 0.0909. The number of rotatable bonds is 5. The summed E-state index contributed by atoms with van der Waals surface area (Å²) in [6.07, 6.45) is 0. The zero-order valence-corrected chi connectivity index (χ0v) is 12.5. The van der Waals surface area contributed by atoms with Crippen molar-refractivity contribution in [2.75, 3.05) is 12.4 Å². The number of hydrogen-bond donors (Lipinski definition) is 1. The van der Waals surface area contributed by atoms with Crippen LogP contribution in [0.2, 0.25) is 0 Å². The van der Waals surface area contributed by atoms with E-state index in [1.54, 1.807) is 23.9 Å². The molecule has 0 aliphatic carbocycles. The molecule has 7 heteroatoms. The van der Waals surface area contributed by atoms with Gasteiger partial charge >= 0.3 is 0 Å². The quantitative estimate of drug-likeness (QED) is 0.676. The topological polar surface area (TPSA) is 82.2 Å². The summed E-state index contributed by atoms with van der Waals surface area (Å²) < 4.78 is 7.03. The van der Waals surface area contributed by atoms with E-state index in [2.05, 4.69) is 10.4 Å². The zero-order chi connectivity index (χ0) is 15.6. The van der Waals surface area contributed by atoms with E-state index in [1.807, 2.05) is 20.9 Å². The lowest BCUT2D eigenvalue weighted by Gasteiger charge is -2.10. The first-order valence-electron chi connectivity index (χ1n) is 6.49. The average molecular weight is 290 g/mol. The highest BCUT2D eigenvalue weighted by Gasteiger charge is 2.14. The van der Waals surface area contributed by atoms with Crippen LogP contribution >= 0.6 is 0 Å². The van der Waals surface area contributed by atoms with E-state index in [0.29, 0.717) is 12.4 Å². The lowest BCUT2D eigenvalue weighted by atomic mass is 10.1. The molecule has 0 aliphatic rings. The van der Waals surface area contributed by atoms with E-state index in [9.17, 15) is 10.1 Å². The first-order chi connectivity index (χ1) is 9.93. The van der Waals surface area contributed by atoms with Crippen LogP contribution in [-0.2, 0) is 13.6 Å². The molecule has 1 aromatic heterocycles. The van der Waals surface area contributed by atoms with E-state index < -0.39 is 4.92 Å². The third-order valence-electron chi connectivity index (χ3n) is 3.36. The number of ether oxygens (including phenoxy) is 1. The maximum atomic E-state index is 10.7. The van der Waals surface area contributed by atoms with Crippen LogP contribution in [0.5, 0.6) is 5.88 Å². The summed E-state index contributed by atoms with van der Waals surface area (Å²) in [6, 6.07) is 4.75. The van der Waals surface area contributed by atoms with Gasteiger partial charge < -0.3 is 10.1 Å². The number of aromatic nitrogens is 2. The molecule has 112 valence electrons. The van der Waals surface area contributed by atoms with Gasteiger partial charge in [0.25, 0.3) is 5.69 Å². The van der Waals surface area contributed by atoms with Crippen molar-refractivity contribution in [3.05, 3.63) is 45.1 Å². The summed E-state index contributed by atoms with van der Waals surface area (Å²) in [5.41, 5.74) is 3.63. The van der Waals surface area contributed by atoms with Crippen molar-refractivity contribution in [3.63, 3.8) is 0 Å². The van der Waals surface area contributed by atoms with Gasteiger partial charge in [-0.1, -0.05) is 0 Å². The molecule has 0 spiro atoms. The highest BCUT2D eigenvalue weighted by atomic mass is 16.6. The van der Waals surface area contributed by atoms with Gasteiger partial charge in [-0.25, -0.2) is 4.68 Å². The number of anilines is 1. The number of nitrogens with one attached hydrogen (secondary N) is 1. The Morgan fingerprint density at radius 2 is 2.14 bits per heavy atom. The number of hydrogen-bond acceptors (Lipinski definition) is 5. The van der Waals surface area contributed by atoms with Crippen LogP contribution in [0.15, 0.2) is 18.2 Å². The van der Waals surface area contributed by atoms with Crippen LogP contribution in [-0.4, -0.2) is 21.8 Å². The van der Waals surface area contributed by atoms with Crippen LogP contribution in [0.4, 0.5) is 11.4 Å². The number of nitrogens with zero attached hydrogens (tertiary/aromatic N) is 3. The van der Waals surface area contributed by atoms with Gasteiger partial charge in [0.15, 0.2) is 0 Å². The second-order valence-corrected chi connectivity index (χ2v) is 4.81. The van der Waals surface area contributed by atoms with Gasteiger partial charge in [0.05, 0.1) is 23.3 Å². The molecule has 2 rings (SSSR count). The Labute approximate surface area is 122 Å². The van der Waals surface area contributed by atoms with Crippen molar-refractivity contribution in [2.24, 2.45) is 7.05 Å². The van der Waals surface area contributed by atoms with Crippen LogP contribution < -0.4 is 10.1 Å². The minimum Gasteiger partial charge on any atom is -0.481 e. The standard InChI is InChI=1S/C14H18N4O3/c1-9-7-11(18(19)20)5-6-13(9)15-8-12-10(2)16-17(3)14(12)21-4/h5-7,15H,8H2,1-4H3. The van der Waals surface area contributed by atoms with E-state index in [0.717, 1.165) is 22.5 Å². The average Bonchev–Trinajstić information content (AvgIpc) is 2.70.